The van der Waals surface area contributed by atoms with Crippen molar-refractivity contribution >= 4 is 0 Å². The van der Waals surface area contributed by atoms with Crippen LogP contribution in [0.3, 0.4) is 0 Å². The Balaban J connectivity index is 1.82. The predicted octanol–water partition coefficient (Wildman–Crippen LogP) is 2.85. The van der Waals surface area contributed by atoms with Gasteiger partial charge in [-0.3, -0.25) is 5.10 Å². The van der Waals surface area contributed by atoms with Gasteiger partial charge in [0.25, 0.3) is 0 Å². The monoisotopic (exact) mass is 241 g/mol. The molecule has 1 atom stereocenters. The highest BCUT2D eigenvalue weighted by molar-refractivity contribution is 5.59. The fourth-order valence-corrected chi connectivity index (χ4v) is 2.54. The highest BCUT2D eigenvalue weighted by atomic mass is 15.1. The van der Waals surface area contributed by atoms with Crippen molar-refractivity contribution < 1.29 is 0 Å². The zero-order valence-electron chi connectivity index (χ0n) is 10.7. The van der Waals surface area contributed by atoms with Gasteiger partial charge in [0.2, 0.25) is 0 Å². The normalized spacial score (nSPS) is 19.9. The first-order chi connectivity index (χ1) is 8.83. The van der Waals surface area contributed by atoms with Gasteiger partial charge in [-0.25, -0.2) is 0 Å². The van der Waals surface area contributed by atoms with Crippen molar-refractivity contribution in [1.82, 2.24) is 15.5 Å². The second-order valence-corrected chi connectivity index (χ2v) is 5.12. The van der Waals surface area contributed by atoms with Crippen LogP contribution in [0.15, 0.2) is 30.3 Å². The van der Waals surface area contributed by atoms with Gasteiger partial charge in [-0.15, -0.1) is 0 Å². The maximum Gasteiger partial charge on any atom is 0.0923 e. The molecule has 0 amide bonds. The molecule has 18 heavy (non-hydrogen) atoms. The highest BCUT2D eigenvalue weighted by Crippen LogP contribution is 2.25. The maximum atomic E-state index is 4.44. The summed E-state index contributed by atoms with van der Waals surface area (Å²) in [6.45, 7) is 4.32. The number of nitrogens with one attached hydrogen (secondary N) is 2. The molecule has 0 aliphatic carbocycles. The Morgan fingerprint density at radius 3 is 2.78 bits per heavy atom. The summed E-state index contributed by atoms with van der Waals surface area (Å²) in [4.78, 5) is 0. The second kappa shape index (κ2) is 4.94. The molecule has 1 aromatic heterocycles. The minimum Gasteiger partial charge on any atom is -0.316 e. The molecule has 0 spiro atoms. The molecule has 0 saturated carbocycles. The van der Waals surface area contributed by atoms with Crippen LogP contribution in [-0.4, -0.2) is 23.3 Å². The molecule has 2 N–H and O–H groups in total. The number of nitrogens with zero attached hydrogens (tertiary/aromatic N) is 1. The molecule has 2 heterocycles. The molecule has 1 fully saturated rings. The lowest BCUT2D eigenvalue weighted by atomic mass is 9.96. The molecule has 94 valence electrons. The molecule has 0 bridgehead atoms. The number of H-pyrrole nitrogens is 1. The van der Waals surface area contributed by atoms with Crippen molar-refractivity contribution in [2.24, 2.45) is 0 Å². The molecular weight excluding hydrogens is 222 g/mol. The average molecular weight is 241 g/mol. The smallest absolute Gasteiger partial charge is 0.0923 e. The fourth-order valence-electron chi connectivity index (χ4n) is 2.54. The van der Waals surface area contributed by atoms with Crippen LogP contribution in [0.4, 0.5) is 0 Å². The van der Waals surface area contributed by atoms with Gasteiger partial charge in [0.05, 0.1) is 5.69 Å². The van der Waals surface area contributed by atoms with E-state index in [0.717, 1.165) is 18.8 Å². The molecule has 1 aromatic carbocycles. The van der Waals surface area contributed by atoms with Crippen LogP contribution in [0.2, 0.25) is 0 Å². The van der Waals surface area contributed by atoms with Gasteiger partial charge in [-0.2, -0.15) is 5.10 Å². The number of aromatic amines is 1. The van der Waals surface area contributed by atoms with Crippen LogP contribution < -0.4 is 5.32 Å². The molecule has 0 radical (unpaired) electrons. The van der Waals surface area contributed by atoms with Crippen LogP contribution >= 0.6 is 0 Å². The molecular formula is C15H19N3. The van der Waals surface area contributed by atoms with Gasteiger partial charge in [0.15, 0.2) is 0 Å². The van der Waals surface area contributed by atoms with Gasteiger partial charge >= 0.3 is 0 Å². The van der Waals surface area contributed by atoms with E-state index in [1.54, 1.807) is 0 Å². The SMILES string of the molecule is Cc1ccc(-c2cc(C3CCCNC3)[nH]n2)cc1. The summed E-state index contributed by atoms with van der Waals surface area (Å²) in [6, 6.07) is 10.7. The zero-order chi connectivity index (χ0) is 12.4. The van der Waals surface area contributed by atoms with Crippen molar-refractivity contribution in [2.75, 3.05) is 13.1 Å². The van der Waals surface area contributed by atoms with E-state index in [1.807, 2.05) is 0 Å². The second-order valence-electron chi connectivity index (χ2n) is 5.12. The van der Waals surface area contributed by atoms with Gasteiger partial charge in [-0.05, 0) is 32.4 Å². The molecule has 1 aliphatic rings. The number of benzene rings is 1. The highest BCUT2D eigenvalue weighted by Gasteiger charge is 2.17. The van der Waals surface area contributed by atoms with Crippen LogP contribution in [0.5, 0.6) is 0 Å². The third-order valence-corrected chi connectivity index (χ3v) is 3.68. The Labute approximate surface area is 108 Å². The lowest BCUT2D eigenvalue weighted by Crippen LogP contribution is -2.28. The van der Waals surface area contributed by atoms with E-state index in [2.05, 4.69) is 52.8 Å². The third-order valence-electron chi connectivity index (χ3n) is 3.68. The van der Waals surface area contributed by atoms with Gasteiger partial charge in [0, 0.05) is 23.7 Å². The molecule has 1 aliphatic heterocycles. The Morgan fingerprint density at radius 1 is 1.22 bits per heavy atom. The topological polar surface area (TPSA) is 40.7 Å². The number of aryl methyl sites for hydroxylation is 1. The van der Waals surface area contributed by atoms with Crippen LogP contribution in [0.1, 0.15) is 30.0 Å². The molecule has 1 unspecified atom stereocenters. The average Bonchev–Trinajstić information content (AvgIpc) is 2.90. The van der Waals surface area contributed by atoms with E-state index in [9.17, 15) is 0 Å². The first-order valence-electron chi connectivity index (χ1n) is 6.66. The minimum atomic E-state index is 0.588. The van der Waals surface area contributed by atoms with Crippen LogP contribution in [-0.2, 0) is 0 Å². The van der Waals surface area contributed by atoms with Crippen molar-refractivity contribution in [3.63, 3.8) is 0 Å². The molecule has 1 saturated heterocycles. The summed E-state index contributed by atoms with van der Waals surface area (Å²) < 4.78 is 0. The van der Waals surface area contributed by atoms with E-state index in [1.165, 1.54) is 29.7 Å². The molecule has 3 nitrogen and oxygen atoms in total. The maximum absolute atomic E-state index is 4.44. The van der Waals surface area contributed by atoms with Crippen molar-refractivity contribution in [1.29, 1.82) is 0 Å². The Kier molecular flexibility index (Phi) is 3.15. The minimum absolute atomic E-state index is 0.588. The summed E-state index contributed by atoms with van der Waals surface area (Å²) in [5.41, 5.74) is 4.78. The number of hydrogen-bond donors (Lipinski definition) is 2. The Morgan fingerprint density at radius 2 is 2.06 bits per heavy atom. The van der Waals surface area contributed by atoms with Gasteiger partial charge < -0.3 is 5.32 Å². The lowest BCUT2D eigenvalue weighted by molar-refractivity contribution is 0.454. The van der Waals surface area contributed by atoms with E-state index in [-0.39, 0.29) is 0 Å². The van der Waals surface area contributed by atoms with E-state index >= 15 is 0 Å². The van der Waals surface area contributed by atoms with Gasteiger partial charge in [-0.1, -0.05) is 29.8 Å². The van der Waals surface area contributed by atoms with E-state index in [4.69, 9.17) is 0 Å². The van der Waals surface area contributed by atoms with Crippen molar-refractivity contribution in [3.05, 3.63) is 41.6 Å². The standard InChI is InChI=1S/C15H19N3/c1-11-4-6-12(7-5-11)14-9-15(18-17-14)13-3-2-8-16-10-13/h4-7,9,13,16H,2-3,8,10H2,1H3,(H,17,18). The predicted molar refractivity (Wildman–Crippen MR) is 73.6 cm³/mol. The zero-order valence-corrected chi connectivity index (χ0v) is 10.7. The largest absolute Gasteiger partial charge is 0.316 e. The first kappa shape index (κ1) is 11.5. The number of hydrogen-bond acceptors (Lipinski definition) is 2. The van der Waals surface area contributed by atoms with Crippen LogP contribution in [0, 0.1) is 6.92 Å². The summed E-state index contributed by atoms with van der Waals surface area (Å²) in [5, 5.41) is 11.1. The van der Waals surface area contributed by atoms with Crippen molar-refractivity contribution in [3.8, 4) is 11.3 Å². The lowest BCUT2D eigenvalue weighted by Gasteiger charge is -2.21. The Bertz CT molecular complexity index is 507. The van der Waals surface area contributed by atoms with E-state index in [0.29, 0.717) is 5.92 Å². The summed E-state index contributed by atoms with van der Waals surface area (Å²) in [6.07, 6.45) is 2.51. The third kappa shape index (κ3) is 2.31. The van der Waals surface area contributed by atoms with Crippen molar-refractivity contribution in [2.45, 2.75) is 25.7 Å². The summed E-state index contributed by atoms with van der Waals surface area (Å²) in [7, 11) is 0. The quantitative estimate of drug-likeness (QED) is 0.848. The summed E-state index contributed by atoms with van der Waals surface area (Å²) >= 11 is 0. The molecule has 3 rings (SSSR count). The summed E-state index contributed by atoms with van der Waals surface area (Å²) in [5.74, 6) is 0.588. The van der Waals surface area contributed by atoms with Gasteiger partial charge in [0.1, 0.15) is 0 Å². The molecule has 2 aromatic rings. The van der Waals surface area contributed by atoms with Crippen LogP contribution in [0.25, 0.3) is 11.3 Å². The number of piperidine rings is 1. The molecule has 3 heteroatoms. The number of rotatable bonds is 2. The first-order valence-corrected chi connectivity index (χ1v) is 6.66. The van der Waals surface area contributed by atoms with E-state index < -0.39 is 0 Å². The fraction of sp³-hybridized carbons (Fsp3) is 0.400. The Hall–Kier alpha value is -1.61. The number of aromatic nitrogens is 2.